The largest absolute Gasteiger partial charge is 0.310 e. The molecule has 25 aromatic rings. The number of para-hydroxylation sites is 2. The molecular weight excluding hydrogens is 1810 g/mol. The van der Waals surface area contributed by atoms with Gasteiger partial charge in [0.2, 0.25) is 0 Å². The molecule has 0 fully saturated rings. The maximum atomic E-state index is 2.56. The summed E-state index contributed by atoms with van der Waals surface area (Å²) in [7, 11) is 0. The van der Waals surface area contributed by atoms with Crippen LogP contribution in [0.5, 0.6) is 0 Å². The van der Waals surface area contributed by atoms with Crippen LogP contribution < -0.4 is 4.90 Å². The smallest absolute Gasteiger partial charge is 0.0720 e. The van der Waals surface area contributed by atoms with Gasteiger partial charge in [0.15, 0.2) is 0 Å². The summed E-state index contributed by atoms with van der Waals surface area (Å²) in [5.41, 5.74) is 55.3. The molecule has 0 saturated heterocycles. The van der Waals surface area contributed by atoms with Crippen LogP contribution in [0.3, 0.4) is 0 Å². The molecule has 4 spiro atoms. The van der Waals surface area contributed by atoms with Crippen LogP contribution in [0, 0.1) is 0 Å². The van der Waals surface area contributed by atoms with E-state index in [4.69, 9.17) is 0 Å². The molecule has 0 radical (unpaired) electrons. The molecule has 0 amide bonds. The van der Waals surface area contributed by atoms with Crippen molar-refractivity contribution in [2.75, 3.05) is 4.90 Å². The highest BCUT2D eigenvalue weighted by Crippen LogP contribution is 2.72. The highest BCUT2D eigenvalue weighted by molar-refractivity contribution is 6.11. The number of benzene rings is 24. The van der Waals surface area contributed by atoms with E-state index in [1.54, 1.807) is 0 Å². The molecule has 24 aromatic carbocycles. The molecule has 2 atom stereocenters. The molecule has 2 heteroatoms. The topological polar surface area (TPSA) is 8.17 Å². The Balaban J connectivity index is 0.000000140. The molecule has 0 saturated carbocycles. The highest BCUT2D eigenvalue weighted by Gasteiger charge is 2.62. The van der Waals surface area contributed by atoms with E-state index in [1.807, 2.05) is 0 Å². The fourth-order valence-electron chi connectivity index (χ4n) is 27.6. The van der Waals surface area contributed by atoms with E-state index in [9.17, 15) is 0 Å². The lowest BCUT2D eigenvalue weighted by Crippen LogP contribution is -2.44. The van der Waals surface area contributed by atoms with Crippen molar-refractivity contribution in [3.05, 3.63) is 671 Å². The number of fused-ring (bicyclic) bond motifs is 35. The Morgan fingerprint density at radius 3 is 0.820 bits per heavy atom. The standard InChI is InChI=1S/C80H53N.C68H43N/c1-5-22-54(23-6-1)58-42-46-63(47-43-58)81(64-32-19-30-59(50-64)55-24-7-2-8-25-55)65-33-20-31-62(51-65)66-37-21-41-75-78(66)69-36-15-18-40-72(69)80(75)74-49-45-60(56-26-9-3-10-27-56)52-76(74)79(70-38-16-13-34-67(70)68-35-14-17-39-71(68)79)73-48-44-61(53-77(73)80)57-28-11-4-12-29-57;1-3-18-44(19-4-1)48-38-40-61-63(43-48)67(56-27-11-7-22-51(56)52-23-8-12-28-57(52)67)59-30-14-15-31-60(59)68(61)58-29-13-9-25-54(58)66-50(26-17-32-62(66)68)46-36-34-45(35-37-46)47-39-41-65-55(42-47)53-24-10-16-33-64(53)69(65)49-20-5-2-6-21-49/h1-53H;1-43H. The first-order chi connectivity index (χ1) is 74.4. The summed E-state index contributed by atoms with van der Waals surface area (Å²) in [6.45, 7) is 0. The van der Waals surface area contributed by atoms with E-state index < -0.39 is 21.7 Å². The zero-order valence-electron chi connectivity index (χ0n) is 82.3. The van der Waals surface area contributed by atoms with Crippen LogP contribution in [0.15, 0.2) is 582 Å². The predicted molar refractivity (Wildman–Crippen MR) is 622 cm³/mol. The average Bonchev–Trinajstić information content (AvgIpc) is 1.48. The van der Waals surface area contributed by atoms with Crippen molar-refractivity contribution in [2.45, 2.75) is 21.7 Å². The first kappa shape index (κ1) is 86.4. The van der Waals surface area contributed by atoms with E-state index in [2.05, 4.69) is 592 Å². The summed E-state index contributed by atoms with van der Waals surface area (Å²) in [4.78, 5) is 2.42. The second-order valence-corrected chi connectivity index (χ2v) is 40.9. The molecule has 2 nitrogen and oxygen atoms in total. The Morgan fingerprint density at radius 2 is 0.380 bits per heavy atom. The van der Waals surface area contributed by atoms with E-state index in [-0.39, 0.29) is 0 Å². The number of rotatable bonds is 12. The van der Waals surface area contributed by atoms with Gasteiger partial charge in [-0.05, 0) is 307 Å². The van der Waals surface area contributed by atoms with Crippen LogP contribution in [0.1, 0.15) is 89.0 Å². The second-order valence-electron chi connectivity index (χ2n) is 40.9. The van der Waals surface area contributed by atoms with Gasteiger partial charge in [-0.1, -0.05) is 497 Å². The van der Waals surface area contributed by atoms with Crippen molar-refractivity contribution >= 4 is 38.9 Å². The molecule has 6 aliphatic carbocycles. The van der Waals surface area contributed by atoms with Crippen molar-refractivity contribution in [3.8, 4) is 139 Å². The average molecular weight is 1900 g/mol. The minimum atomic E-state index is -0.702. The van der Waals surface area contributed by atoms with Crippen LogP contribution >= 0.6 is 0 Å². The van der Waals surface area contributed by atoms with Gasteiger partial charge in [0.25, 0.3) is 0 Å². The molecule has 0 bridgehead atoms. The third-order valence-corrected chi connectivity index (χ3v) is 33.7. The van der Waals surface area contributed by atoms with Crippen LogP contribution in [0.25, 0.3) is 161 Å². The molecule has 2 unspecified atom stereocenters. The van der Waals surface area contributed by atoms with Gasteiger partial charge in [0.1, 0.15) is 0 Å². The van der Waals surface area contributed by atoms with E-state index in [0.29, 0.717) is 0 Å². The Kier molecular flexibility index (Phi) is 19.7. The Bertz CT molecular complexity index is 9650. The van der Waals surface area contributed by atoms with Crippen LogP contribution in [0.4, 0.5) is 17.1 Å². The number of hydrogen-bond acceptors (Lipinski definition) is 1. The van der Waals surface area contributed by atoms with Gasteiger partial charge in [-0.3, -0.25) is 0 Å². The second kappa shape index (κ2) is 34.3. The molecule has 6 aliphatic rings. The molecule has 1 heterocycles. The monoisotopic (exact) mass is 1900 g/mol. The van der Waals surface area contributed by atoms with Gasteiger partial charge in [-0.15, -0.1) is 0 Å². The molecule has 150 heavy (non-hydrogen) atoms. The quantitative estimate of drug-likeness (QED) is 0.118. The fourth-order valence-corrected chi connectivity index (χ4v) is 27.6. The zero-order chi connectivity index (χ0) is 98.7. The third-order valence-electron chi connectivity index (χ3n) is 33.7. The SMILES string of the molecule is c1ccc(-c2ccc(N(c3cccc(-c4ccccc4)c3)c3cccc(-c4cccc5c4-c4ccccc4C54c5ccc(-c6ccccc6)cc5C5(c6ccccc6-c6ccccc65)c5ccc(-c6ccccc6)cc54)c3)cc2)cc1.c1ccc(-c2ccc3c(c2)C2(c4ccccc4-c4ccccc42)c2ccccc2C32c3ccccc3-c3c(-c4ccc(-c5ccc6c(c5)c5ccccc5n6-c5ccccc5)cc4)cccc32)cc1. The normalized spacial score (nSPS) is 15.0. The van der Waals surface area contributed by atoms with Crippen LogP contribution in [-0.2, 0) is 21.7 Å². The molecule has 0 aliphatic heterocycles. The van der Waals surface area contributed by atoms with E-state index in [1.165, 1.54) is 244 Å². The first-order valence-electron chi connectivity index (χ1n) is 52.4. The van der Waals surface area contributed by atoms with Crippen molar-refractivity contribution in [3.63, 3.8) is 0 Å². The molecule has 31 rings (SSSR count). The third kappa shape index (κ3) is 12.6. The molecular formula is C148H96N2. The summed E-state index contributed by atoms with van der Waals surface area (Å²) in [6.07, 6.45) is 0. The Hall–Kier alpha value is -19.1. The van der Waals surface area contributed by atoms with Crippen LogP contribution in [-0.4, -0.2) is 4.57 Å². The van der Waals surface area contributed by atoms with Crippen molar-refractivity contribution in [2.24, 2.45) is 0 Å². The summed E-state index contributed by atoms with van der Waals surface area (Å²) in [6, 6.07) is 218. The highest BCUT2D eigenvalue weighted by atomic mass is 15.1. The zero-order valence-corrected chi connectivity index (χ0v) is 82.3. The van der Waals surface area contributed by atoms with Gasteiger partial charge in [0, 0.05) is 33.5 Å². The van der Waals surface area contributed by atoms with Gasteiger partial charge >= 0.3 is 0 Å². The van der Waals surface area contributed by atoms with Crippen LogP contribution in [0.2, 0.25) is 0 Å². The van der Waals surface area contributed by atoms with Gasteiger partial charge in [-0.2, -0.15) is 0 Å². The maximum Gasteiger partial charge on any atom is 0.0720 e. The molecule has 698 valence electrons. The lowest BCUT2D eigenvalue weighted by molar-refractivity contribution is 0.633. The van der Waals surface area contributed by atoms with Gasteiger partial charge in [0.05, 0.1) is 32.7 Å². The summed E-state index contributed by atoms with van der Waals surface area (Å²) >= 11 is 0. The minimum Gasteiger partial charge on any atom is -0.310 e. The summed E-state index contributed by atoms with van der Waals surface area (Å²) in [5, 5.41) is 2.52. The Morgan fingerprint density at radius 1 is 0.127 bits per heavy atom. The molecule has 0 N–H and O–H groups in total. The van der Waals surface area contributed by atoms with E-state index >= 15 is 0 Å². The Labute approximate surface area is 874 Å². The number of nitrogens with zero attached hydrogens (tertiary/aromatic N) is 2. The lowest BCUT2D eigenvalue weighted by atomic mass is 9.52. The summed E-state index contributed by atoms with van der Waals surface area (Å²) < 4.78 is 2.38. The van der Waals surface area contributed by atoms with Gasteiger partial charge < -0.3 is 9.47 Å². The lowest BCUT2D eigenvalue weighted by Gasteiger charge is -2.49. The van der Waals surface area contributed by atoms with Crippen molar-refractivity contribution in [1.29, 1.82) is 0 Å². The first-order valence-corrected chi connectivity index (χ1v) is 52.4. The number of aromatic nitrogens is 1. The van der Waals surface area contributed by atoms with E-state index in [0.717, 1.165) is 22.6 Å². The summed E-state index contributed by atoms with van der Waals surface area (Å²) in [5.74, 6) is 0. The minimum absolute atomic E-state index is 0.528. The molecule has 1 aromatic heterocycles. The van der Waals surface area contributed by atoms with Crippen molar-refractivity contribution in [1.82, 2.24) is 4.57 Å². The number of hydrogen-bond donors (Lipinski definition) is 0. The maximum absolute atomic E-state index is 2.56. The van der Waals surface area contributed by atoms with Crippen molar-refractivity contribution < 1.29 is 0 Å². The predicted octanol–water partition coefficient (Wildman–Crippen LogP) is 37.4. The fraction of sp³-hybridized carbons (Fsp3) is 0.0270. The van der Waals surface area contributed by atoms with Gasteiger partial charge in [-0.25, -0.2) is 0 Å². The number of anilines is 3.